The van der Waals surface area contributed by atoms with Gasteiger partial charge in [0.05, 0.1) is 5.75 Å². The van der Waals surface area contributed by atoms with Crippen molar-refractivity contribution in [2.45, 2.75) is 37.6 Å². The van der Waals surface area contributed by atoms with E-state index in [1.165, 1.54) is 23.1 Å². The molecule has 1 heterocycles. The smallest absolute Gasteiger partial charge is 0.230 e. The Morgan fingerprint density at radius 3 is 2.68 bits per heavy atom. The first-order valence-electron chi connectivity index (χ1n) is 6.93. The Kier molecular flexibility index (Phi) is 5.42. The highest BCUT2D eigenvalue weighted by Crippen LogP contribution is 2.28. The minimum Gasteiger partial charge on any atom is -0.351 e. The van der Waals surface area contributed by atoms with E-state index in [1.54, 1.807) is 0 Å². The Labute approximate surface area is 138 Å². The number of rotatable bonds is 5. The molecule has 0 radical (unpaired) electrons. The molecule has 2 N–H and O–H groups in total. The van der Waals surface area contributed by atoms with Crippen LogP contribution in [0.4, 0.5) is 10.8 Å². The highest BCUT2D eigenvalue weighted by molar-refractivity contribution is 8.01. The van der Waals surface area contributed by atoms with E-state index in [-0.39, 0.29) is 11.4 Å². The maximum Gasteiger partial charge on any atom is 0.230 e. The molecule has 0 aliphatic carbocycles. The number of carbonyl (C=O) groups is 1. The van der Waals surface area contributed by atoms with Gasteiger partial charge in [-0.15, -0.1) is 10.2 Å². The normalized spacial score (nSPS) is 11.3. The van der Waals surface area contributed by atoms with Crippen LogP contribution in [0, 0.1) is 6.92 Å². The summed E-state index contributed by atoms with van der Waals surface area (Å²) in [5, 5.41) is 15.1. The van der Waals surface area contributed by atoms with Crippen LogP contribution in [0.1, 0.15) is 26.3 Å². The average Bonchev–Trinajstić information content (AvgIpc) is 2.85. The number of nitrogens with one attached hydrogen (secondary N) is 2. The fourth-order valence-corrected chi connectivity index (χ4v) is 3.29. The Hall–Kier alpha value is -1.60. The number of carbonyl (C=O) groups excluding carboxylic acids is 1. The van der Waals surface area contributed by atoms with E-state index in [9.17, 15) is 4.79 Å². The minimum absolute atomic E-state index is 0.00103. The van der Waals surface area contributed by atoms with Gasteiger partial charge in [0.15, 0.2) is 4.34 Å². The molecule has 1 amide bonds. The zero-order valence-electron chi connectivity index (χ0n) is 13.1. The molecular weight excluding hydrogens is 316 g/mol. The van der Waals surface area contributed by atoms with Gasteiger partial charge in [0.25, 0.3) is 0 Å². The van der Waals surface area contributed by atoms with E-state index >= 15 is 0 Å². The SMILES string of the molecule is Cc1ccccc1Nc1nnc(SCC(=O)NC(C)(C)C)s1. The molecule has 0 spiro atoms. The highest BCUT2D eigenvalue weighted by Gasteiger charge is 2.15. The number of benzene rings is 1. The molecule has 0 saturated heterocycles. The van der Waals surface area contributed by atoms with Crippen molar-refractivity contribution in [3.63, 3.8) is 0 Å². The van der Waals surface area contributed by atoms with Crippen LogP contribution in [0.3, 0.4) is 0 Å². The summed E-state index contributed by atoms with van der Waals surface area (Å²) in [5.74, 6) is 0.345. The van der Waals surface area contributed by atoms with Crippen LogP contribution in [0.25, 0.3) is 0 Å². The third kappa shape index (κ3) is 5.31. The molecule has 5 nitrogen and oxygen atoms in total. The first-order chi connectivity index (χ1) is 10.3. The van der Waals surface area contributed by atoms with E-state index in [4.69, 9.17) is 0 Å². The first kappa shape index (κ1) is 16.8. The molecule has 2 aromatic rings. The van der Waals surface area contributed by atoms with Crippen molar-refractivity contribution >= 4 is 39.8 Å². The van der Waals surface area contributed by atoms with Crippen LogP contribution in [-0.2, 0) is 4.79 Å². The number of thioether (sulfide) groups is 1. The molecule has 1 aromatic heterocycles. The molecular formula is C15H20N4OS2. The Morgan fingerprint density at radius 1 is 1.27 bits per heavy atom. The van der Waals surface area contributed by atoms with Gasteiger partial charge in [-0.05, 0) is 39.3 Å². The summed E-state index contributed by atoms with van der Waals surface area (Å²) in [7, 11) is 0. The summed E-state index contributed by atoms with van der Waals surface area (Å²) in [4.78, 5) is 11.8. The minimum atomic E-state index is -0.212. The van der Waals surface area contributed by atoms with Crippen LogP contribution in [0.15, 0.2) is 28.6 Å². The standard InChI is InChI=1S/C15H20N4OS2/c1-10-7-5-6-8-11(10)16-13-18-19-14(22-13)21-9-12(20)17-15(2,3)4/h5-8H,9H2,1-4H3,(H,16,18)(H,17,20). The Morgan fingerprint density at radius 2 is 2.00 bits per heavy atom. The van der Waals surface area contributed by atoms with Crippen molar-refractivity contribution in [3.8, 4) is 0 Å². The molecule has 22 heavy (non-hydrogen) atoms. The third-order valence-corrected chi connectivity index (χ3v) is 4.61. The van der Waals surface area contributed by atoms with Crippen molar-refractivity contribution in [3.05, 3.63) is 29.8 Å². The summed E-state index contributed by atoms with van der Waals surface area (Å²) in [5.41, 5.74) is 1.95. The van der Waals surface area contributed by atoms with Crippen molar-refractivity contribution in [1.82, 2.24) is 15.5 Å². The van der Waals surface area contributed by atoms with Crippen LogP contribution >= 0.6 is 23.1 Å². The number of para-hydroxylation sites is 1. The summed E-state index contributed by atoms with van der Waals surface area (Å²) >= 11 is 2.84. The quantitative estimate of drug-likeness (QED) is 0.817. The number of aromatic nitrogens is 2. The monoisotopic (exact) mass is 336 g/mol. The van der Waals surface area contributed by atoms with Crippen molar-refractivity contribution < 1.29 is 4.79 Å². The largest absolute Gasteiger partial charge is 0.351 e. The molecule has 0 fully saturated rings. The first-order valence-corrected chi connectivity index (χ1v) is 8.74. The lowest BCUT2D eigenvalue weighted by molar-refractivity contribution is -0.119. The van der Waals surface area contributed by atoms with E-state index in [0.29, 0.717) is 5.75 Å². The molecule has 0 saturated carbocycles. The summed E-state index contributed by atoms with van der Waals surface area (Å²) < 4.78 is 0.778. The lowest BCUT2D eigenvalue weighted by atomic mass is 10.1. The lowest BCUT2D eigenvalue weighted by Gasteiger charge is -2.19. The zero-order valence-corrected chi connectivity index (χ0v) is 14.8. The van der Waals surface area contributed by atoms with E-state index in [1.807, 2.05) is 52.0 Å². The average molecular weight is 336 g/mol. The highest BCUT2D eigenvalue weighted by atomic mass is 32.2. The molecule has 0 unspecified atom stereocenters. The maximum atomic E-state index is 11.8. The van der Waals surface area contributed by atoms with Gasteiger partial charge in [0, 0.05) is 11.2 Å². The number of nitrogens with zero attached hydrogens (tertiary/aromatic N) is 2. The summed E-state index contributed by atoms with van der Waals surface area (Å²) in [6.07, 6.45) is 0. The summed E-state index contributed by atoms with van der Waals surface area (Å²) in [6, 6.07) is 8.01. The number of hydrogen-bond acceptors (Lipinski definition) is 6. The van der Waals surface area contributed by atoms with E-state index in [2.05, 4.69) is 20.8 Å². The second-order valence-electron chi connectivity index (χ2n) is 5.90. The van der Waals surface area contributed by atoms with Gasteiger partial charge < -0.3 is 10.6 Å². The number of hydrogen-bond donors (Lipinski definition) is 2. The van der Waals surface area contributed by atoms with Gasteiger partial charge in [-0.25, -0.2) is 0 Å². The van der Waals surface area contributed by atoms with Crippen molar-refractivity contribution in [1.29, 1.82) is 0 Å². The van der Waals surface area contributed by atoms with Crippen LogP contribution < -0.4 is 10.6 Å². The van der Waals surface area contributed by atoms with Crippen LogP contribution in [-0.4, -0.2) is 27.4 Å². The van der Waals surface area contributed by atoms with Gasteiger partial charge in [-0.2, -0.15) is 0 Å². The zero-order chi connectivity index (χ0) is 16.2. The van der Waals surface area contributed by atoms with Crippen molar-refractivity contribution in [2.24, 2.45) is 0 Å². The Bertz CT molecular complexity index is 649. The van der Waals surface area contributed by atoms with Gasteiger partial charge in [-0.3, -0.25) is 4.79 Å². The van der Waals surface area contributed by atoms with Gasteiger partial charge >= 0.3 is 0 Å². The molecule has 118 valence electrons. The number of amides is 1. The van der Waals surface area contributed by atoms with Crippen LogP contribution in [0.2, 0.25) is 0 Å². The fourth-order valence-electron chi connectivity index (χ4n) is 1.73. The second-order valence-corrected chi connectivity index (χ2v) is 8.10. The number of aryl methyl sites for hydroxylation is 1. The molecule has 0 aliphatic heterocycles. The van der Waals surface area contributed by atoms with Gasteiger partial charge in [0.2, 0.25) is 11.0 Å². The predicted molar refractivity (Wildman–Crippen MR) is 93.0 cm³/mol. The molecule has 0 bridgehead atoms. The molecule has 0 atom stereocenters. The fraction of sp³-hybridized carbons (Fsp3) is 0.400. The topological polar surface area (TPSA) is 66.9 Å². The predicted octanol–water partition coefficient (Wildman–Crippen LogP) is 3.60. The van der Waals surface area contributed by atoms with Crippen LogP contribution in [0.5, 0.6) is 0 Å². The second kappa shape index (κ2) is 7.11. The third-order valence-electron chi connectivity index (χ3n) is 2.63. The maximum absolute atomic E-state index is 11.8. The Balaban J connectivity index is 1.89. The lowest BCUT2D eigenvalue weighted by Crippen LogP contribution is -2.41. The van der Waals surface area contributed by atoms with Gasteiger partial charge in [-0.1, -0.05) is 41.3 Å². The molecule has 7 heteroatoms. The van der Waals surface area contributed by atoms with E-state index < -0.39 is 0 Å². The summed E-state index contributed by atoms with van der Waals surface area (Å²) in [6.45, 7) is 7.93. The van der Waals surface area contributed by atoms with Crippen molar-refractivity contribution in [2.75, 3.05) is 11.1 Å². The molecule has 2 rings (SSSR count). The van der Waals surface area contributed by atoms with E-state index in [0.717, 1.165) is 20.7 Å². The molecule has 0 aliphatic rings. The molecule has 1 aromatic carbocycles. The van der Waals surface area contributed by atoms with Gasteiger partial charge in [0.1, 0.15) is 0 Å². The number of anilines is 2.